The molecule has 166 valence electrons. The highest BCUT2D eigenvalue weighted by molar-refractivity contribution is 6.35. The van der Waals surface area contributed by atoms with Gasteiger partial charge in [-0.05, 0) is 36.8 Å². The summed E-state index contributed by atoms with van der Waals surface area (Å²) in [7, 11) is 0. The number of nitrogens with zero attached hydrogens (tertiary/aromatic N) is 5. The number of hydrogen-bond donors (Lipinski definition) is 2. The fourth-order valence-corrected chi connectivity index (χ4v) is 4.22. The third-order valence-corrected chi connectivity index (χ3v) is 5.81. The molecular weight excluding hydrogens is 468 g/mol. The molecule has 0 amide bonds. The van der Waals surface area contributed by atoms with Crippen LogP contribution in [0.15, 0.2) is 53.8 Å². The number of aromatic nitrogens is 6. The summed E-state index contributed by atoms with van der Waals surface area (Å²) in [5, 5.41) is 3.83. The van der Waals surface area contributed by atoms with E-state index in [0.29, 0.717) is 39.9 Å². The molecule has 0 aliphatic heterocycles. The number of hydrogen-bond acceptors (Lipinski definition) is 6. The lowest BCUT2D eigenvalue weighted by atomic mass is 10.1. The third-order valence-electron chi connectivity index (χ3n) is 5.28. The van der Waals surface area contributed by atoms with Crippen LogP contribution < -0.4 is 10.9 Å². The highest BCUT2D eigenvalue weighted by Gasteiger charge is 2.24. The second-order valence-electron chi connectivity index (χ2n) is 7.27. The number of imidazole rings is 1. The van der Waals surface area contributed by atoms with E-state index in [2.05, 4.69) is 30.2 Å². The lowest BCUT2D eigenvalue weighted by Crippen LogP contribution is -2.29. The van der Waals surface area contributed by atoms with Gasteiger partial charge in [-0.25, -0.2) is 24.3 Å². The Morgan fingerprint density at radius 3 is 2.82 bits per heavy atom. The molecule has 5 aromatic rings. The summed E-state index contributed by atoms with van der Waals surface area (Å²) in [6.45, 7) is 1.93. The van der Waals surface area contributed by atoms with Gasteiger partial charge in [0.25, 0.3) is 5.56 Å². The molecule has 0 aliphatic rings. The number of halogens is 3. The minimum Gasteiger partial charge on any atom is -0.358 e. The first-order valence-corrected chi connectivity index (χ1v) is 10.8. The van der Waals surface area contributed by atoms with Gasteiger partial charge in [-0.2, -0.15) is 0 Å². The van der Waals surface area contributed by atoms with Crippen molar-refractivity contribution in [2.45, 2.75) is 19.4 Å². The Hall–Kier alpha value is -3.56. The average molecular weight is 484 g/mol. The van der Waals surface area contributed by atoms with E-state index in [0.717, 1.165) is 0 Å². The van der Waals surface area contributed by atoms with Crippen molar-refractivity contribution in [2.24, 2.45) is 0 Å². The number of aromatic amines is 1. The van der Waals surface area contributed by atoms with E-state index in [1.165, 1.54) is 35.4 Å². The average Bonchev–Trinajstić information content (AvgIpc) is 3.28. The minimum absolute atomic E-state index is 0.125. The highest BCUT2D eigenvalue weighted by atomic mass is 35.5. The molecule has 0 fully saturated rings. The summed E-state index contributed by atoms with van der Waals surface area (Å²) in [6.07, 6.45) is 3.44. The maximum absolute atomic E-state index is 14.7. The van der Waals surface area contributed by atoms with Crippen molar-refractivity contribution in [3.05, 3.63) is 81.1 Å². The maximum Gasteiger partial charge on any atom is 0.269 e. The fourth-order valence-electron chi connectivity index (χ4n) is 3.72. The number of rotatable bonds is 5. The van der Waals surface area contributed by atoms with E-state index < -0.39 is 17.4 Å². The molecule has 0 unspecified atom stereocenters. The first kappa shape index (κ1) is 21.3. The zero-order valence-corrected chi connectivity index (χ0v) is 18.7. The number of nitrogens with one attached hydrogen (secondary N) is 2. The van der Waals surface area contributed by atoms with E-state index in [-0.39, 0.29) is 15.9 Å². The van der Waals surface area contributed by atoms with Crippen molar-refractivity contribution < 1.29 is 4.39 Å². The van der Waals surface area contributed by atoms with E-state index in [1.54, 1.807) is 18.2 Å². The van der Waals surface area contributed by atoms with Crippen LogP contribution in [0.3, 0.4) is 0 Å². The molecule has 0 saturated heterocycles. The smallest absolute Gasteiger partial charge is 0.269 e. The van der Waals surface area contributed by atoms with Crippen LogP contribution in [-0.2, 0) is 0 Å². The van der Waals surface area contributed by atoms with Gasteiger partial charge in [0.05, 0.1) is 28.6 Å². The van der Waals surface area contributed by atoms with Gasteiger partial charge in [0.1, 0.15) is 28.9 Å². The van der Waals surface area contributed by atoms with Crippen LogP contribution >= 0.6 is 23.2 Å². The topological polar surface area (TPSA) is 101 Å². The molecule has 1 atom stereocenters. The number of fused-ring (bicyclic) bond motifs is 2. The van der Waals surface area contributed by atoms with E-state index >= 15 is 0 Å². The number of anilines is 1. The molecule has 2 aromatic carbocycles. The molecule has 0 aliphatic carbocycles. The fraction of sp³-hybridized carbons (Fsp3) is 0.136. The molecule has 8 nitrogen and oxygen atoms in total. The Balaban J connectivity index is 1.77. The van der Waals surface area contributed by atoms with Crippen molar-refractivity contribution in [3.8, 4) is 5.69 Å². The first-order valence-electron chi connectivity index (χ1n) is 10.0. The van der Waals surface area contributed by atoms with Crippen LogP contribution in [0.25, 0.3) is 27.8 Å². The zero-order chi connectivity index (χ0) is 23.1. The molecule has 3 heterocycles. The largest absolute Gasteiger partial charge is 0.358 e. The molecule has 3 aromatic heterocycles. The Bertz CT molecular complexity index is 1570. The van der Waals surface area contributed by atoms with E-state index in [4.69, 9.17) is 23.2 Å². The van der Waals surface area contributed by atoms with Gasteiger partial charge in [-0.15, -0.1) is 0 Å². The number of benzene rings is 2. The lowest BCUT2D eigenvalue weighted by Gasteiger charge is -2.22. The molecular formula is C22H16Cl2FN7O. The molecule has 0 saturated carbocycles. The minimum atomic E-state index is -0.661. The molecule has 33 heavy (non-hydrogen) atoms. The second kappa shape index (κ2) is 8.42. The summed E-state index contributed by atoms with van der Waals surface area (Å²) < 4.78 is 16.0. The SMILES string of the molecule is CC[C@@H](Nc1ncnc2nc[nH]c12)c1nc2cccc(F)c2c(=O)n1-c1ccc(Cl)cc1Cl. The van der Waals surface area contributed by atoms with Crippen LogP contribution in [0.4, 0.5) is 10.2 Å². The van der Waals surface area contributed by atoms with Crippen molar-refractivity contribution in [1.29, 1.82) is 0 Å². The van der Waals surface area contributed by atoms with Gasteiger partial charge in [0, 0.05) is 5.02 Å². The van der Waals surface area contributed by atoms with Gasteiger partial charge in [-0.1, -0.05) is 36.2 Å². The van der Waals surface area contributed by atoms with Crippen LogP contribution in [-0.4, -0.2) is 29.5 Å². The summed E-state index contributed by atoms with van der Waals surface area (Å²) >= 11 is 12.5. The molecule has 11 heteroatoms. The van der Waals surface area contributed by atoms with Crippen LogP contribution in [0, 0.1) is 5.82 Å². The zero-order valence-electron chi connectivity index (χ0n) is 17.2. The van der Waals surface area contributed by atoms with E-state index in [1.807, 2.05) is 6.92 Å². The third kappa shape index (κ3) is 3.69. The Labute approximate surface area is 196 Å². The quantitative estimate of drug-likeness (QED) is 0.362. The predicted molar refractivity (Wildman–Crippen MR) is 126 cm³/mol. The van der Waals surface area contributed by atoms with Crippen molar-refractivity contribution in [1.82, 2.24) is 29.5 Å². The number of H-pyrrole nitrogens is 1. The first-order chi connectivity index (χ1) is 16.0. The van der Waals surface area contributed by atoms with Crippen molar-refractivity contribution in [2.75, 3.05) is 5.32 Å². The van der Waals surface area contributed by atoms with Crippen molar-refractivity contribution in [3.63, 3.8) is 0 Å². The highest BCUT2D eigenvalue weighted by Crippen LogP contribution is 2.30. The van der Waals surface area contributed by atoms with Crippen LogP contribution in [0.2, 0.25) is 10.0 Å². The molecule has 0 spiro atoms. The molecule has 2 N–H and O–H groups in total. The van der Waals surface area contributed by atoms with Crippen molar-refractivity contribution >= 4 is 51.1 Å². The Morgan fingerprint density at radius 1 is 1.18 bits per heavy atom. The summed E-state index contributed by atoms with van der Waals surface area (Å²) in [5.41, 5.74) is 1.11. The Morgan fingerprint density at radius 2 is 2.03 bits per heavy atom. The standard InChI is InChI=1S/C22H16Cl2FN7O/c1-2-14(30-20-18-19(27-9-26-18)28-10-29-20)21-31-15-5-3-4-13(25)17(15)22(33)32(21)16-7-6-11(23)8-12(16)24/h3-10,14H,2H2,1H3,(H2,26,27,28,29,30)/t14-/m1/s1. The predicted octanol–water partition coefficient (Wildman–Crippen LogP) is 5.06. The van der Waals surface area contributed by atoms with Crippen LogP contribution in [0.5, 0.6) is 0 Å². The molecule has 0 bridgehead atoms. The van der Waals surface area contributed by atoms with Gasteiger partial charge >= 0.3 is 0 Å². The maximum atomic E-state index is 14.7. The Kier molecular flexibility index (Phi) is 5.43. The van der Waals surface area contributed by atoms with E-state index in [9.17, 15) is 9.18 Å². The second-order valence-corrected chi connectivity index (χ2v) is 8.11. The summed E-state index contributed by atoms with van der Waals surface area (Å²) in [5.74, 6) is 0.175. The van der Waals surface area contributed by atoms with Gasteiger partial charge in [0.15, 0.2) is 11.5 Å². The summed E-state index contributed by atoms with van der Waals surface area (Å²) in [6, 6.07) is 8.59. The van der Waals surface area contributed by atoms with Gasteiger partial charge < -0.3 is 10.3 Å². The normalized spacial score (nSPS) is 12.4. The lowest BCUT2D eigenvalue weighted by molar-refractivity contribution is 0.630. The van der Waals surface area contributed by atoms with Gasteiger partial charge in [0.2, 0.25) is 0 Å². The molecule has 0 radical (unpaired) electrons. The molecule has 5 rings (SSSR count). The monoisotopic (exact) mass is 483 g/mol. The summed E-state index contributed by atoms with van der Waals surface area (Å²) in [4.78, 5) is 33.8. The van der Waals surface area contributed by atoms with Gasteiger partial charge in [-0.3, -0.25) is 9.36 Å². The van der Waals surface area contributed by atoms with Crippen LogP contribution in [0.1, 0.15) is 25.2 Å².